The van der Waals surface area contributed by atoms with Gasteiger partial charge >= 0.3 is 5.97 Å². The molecule has 0 fully saturated rings. The fraction of sp³-hybridized carbons (Fsp3) is 0.263. The summed E-state index contributed by atoms with van der Waals surface area (Å²) in [6, 6.07) is 12.2. The van der Waals surface area contributed by atoms with Crippen molar-refractivity contribution in [3.05, 3.63) is 69.7 Å². The molecule has 1 amide bonds. The molecule has 1 unspecified atom stereocenters. The number of benzene rings is 2. The van der Waals surface area contributed by atoms with Crippen molar-refractivity contribution in [3.8, 4) is 0 Å². The second kappa shape index (κ2) is 7.97. The third-order valence-corrected chi connectivity index (χ3v) is 4.07. The summed E-state index contributed by atoms with van der Waals surface area (Å²) < 4.78 is 5.02. The van der Waals surface area contributed by atoms with Crippen molar-refractivity contribution in [2.45, 2.75) is 26.8 Å². The molecule has 1 atom stereocenters. The van der Waals surface area contributed by atoms with E-state index in [4.69, 9.17) is 16.3 Å². The van der Waals surface area contributed by atoms with Crippen molar-refractivity contribution >= 4 is 23.5 Å². The number of hydrogen-bond donors (Lipinski definition) is 1. The highest BCUT2D eigenvalue weighted by atomic mass is 35.5. The molecule has 0 aliphatic carbocycles. The van der Waals surface area contributed by atoms with Gasteiger partial charge in [0.2, 0.25) is 0 Å². The molecule has 0 aliphatic heterocycles. The zero-order valence-electron chi connectivity index (χ0n) is 13.9. The number of amides is 1. The van der Waals surface area contributed by atoms with Crippen molar-refractivity contribution < 1.29 is 14.3 Å². The van der Waals surface area contributed by atoms with Crippen LogP contribution in [0.15, 0.2) is 42.5 Å². The van der Waals surface area contributed by atoms with Gasteiger partial charge in [0.1, 0.15) is 0 Å². The molecule has 126 valence electrons. The lowest BCUT2D eigenvalue weighted by molar-refractivity contribution is -0.124. The Kier molecular flexibility index (Phi) is 5.99. The van der Waals surface area contributed by atoms with Crippen molar-refractivity contribution in [2.24, 2.45) is 0 Å². The first-order valence-electron chi connectivity index (χ1n) is 7.66. The molecule has 0 radical (unpaired) electrons. The van der Waals surface area contributed by atoms with Crippen LogP contribution in [-0.2, 0) is 9.53 Å². The lowest BCUT2D eigenvalue weighted by Crippen LogP contribution is -2.31. The summed E-state index contributed by atoms with van der Waals surface area (Å²) in [4.78, 5) is 23.8. The Morgan fingerprint density at radius 1 is 1.08 bits per heavy atom. The van der Waals surface area contributed by atoms with Gasteiger partial charge in [0.05, 0.1) is 11.6 Å². The van der Waals surface area contributed by atoms with E-state index in [1.165, 1.54) is 11.1 Å². The van der Waals surface area contributed by atoms with E-state index in [2.05, 4.69) is 5.32 Å². The average molecular weight is 346 g/mol. The molecule has 5 heteroatoms. The zero-order valence-corrected chi connectivity index (χ0v) is 14.7. The fourth-order valence-corrected chi connectivity index (χ4v) is 2.33. The Balaban J connectivity index is 1.87. The molecule has 0 saturated heterocycles. The Morgan fingerprint density at radius 2 is 1.75 bits per heavy atom. The number of ether oxygens (including phenoxy) is 1. The fourth-order valence-electron chi connectivity index (χ4n) is 2.20. The van der Waals surface area contributed by atoms with E-state index in [1.807, 2.05) is 39.0 Å². The molecule has 1 N–H and O–H groups in total. The molecule has 0 spiro atoms. The van der Waals surface area contributed by atoms with E-state index >= 15 is 0 Å². The number of carbonyl (C=O) groups excluding carboxylic acids is 2. The van der Waals surface area contributed by atoms with E-state index in [0.717, 1.165) is 5.56 Å². The first kappa shape index (κ1) is 18.0. The number of rotatable bonds is 5. The number of nitrogens with one attached hydrogen (secondary N) is 1. The third kappa shape index (κ3) is 4.83. The summed E-state index contributed by atoms with van der Waals surface area (Å²) in [5, 5.41) is 3.36. The quantitative estimate of drug-likeness (QED) is 0.833. The van der Waals surface area contributed by atoms with Crippen LogP contribution in [0.1, 0.15) is 40.0 Å². The summed E-state index contributed by atoms with van der Waals surface area (Å²) in [5.41, 5.74) is 3.74. The standard InChI is InChI=1S/C19H20ClNO3/c1-12-4-5-16(10-13(12)2)14(3)21-18(22)11-24-19(23)15-6-8-17(20)9-7-15/h4-10,14H,11H2,1-3H3,(H,21,22). The zero-order chi connectivity index (χ0) is 17.7. The summed E-state index contributed by atoms with van der Waals surface area (Å²) >= 11 is 5.76. The highest BCUT2D eigenvalue weighted by Gasteiger charge is 2.13. The van der Waals surface area contributed by atoms with Crippen LogP contribution in [-0.4, -0.2) is 18.5 Å². The predicted octanol–water partition coefficient (Wildman–Crippen LogP) is 3.99. The van der Waals surface area contributed by atoms with Crippen LogP contribution in [0.2, 0.25) is 5.02 Å². The van der Waals surface area contributed by atoms with Crippen molar-refractivity contribution in [3.63, 3.8) is 0 Å². The van der Waals surface area contributed by atoms with Crippen molar-refractivity contribution in [1.82, 2.24) is 5.32 Å². The average Bonchev–Trinajstić information content (AvgIpc) is 2.55. The van der Waals surface area contributed by atoms with E-state index in [-0.39, 0.29) is 18.6 Å². The van der Waals surface area contributed by atoms with Gasteiger partial charge in [-0.3, -0.25) is 4.79 Å². The second-order valence-electron chi connectivity index (χ2n) is 5.72. The van der Waals surface area contributed by atoms with E-state index in [1.54, 1.807) is 24.3 Å². The predicted molar refractivity (Wildman–Crippen MR) is 94.2 cm³/mol. The van der Waals surface area contributed by atoms with E-state index in [9.17, 15) is 9.59 Å². The molecule has 0 bridgehead atoms. The molecule has 24 heavy (non-hydrogen) atoms. The Hall–Kier alpha value is -2.33. The lowest BCUT2D eigenvalue weighted by Gasteiger charge is -2.15. The molecule has 0 aliphatic rings. The second-order valence-corrected chi connectivity index (χ2v) is 6.15. The maximum Gasteiger partial charge on any atom is 0.338 e. The Labute approximate surface area is 146 Å². The highest BCUT2D eigenvalue weighted by Crippen LogP contribution is 2.16. The molecule has 2 rings (SSSR count). The monoisotopic (exact) mass is 345 g/mol. The summed E-state index contributed by atoms with van der Waals surface area (Å²) in [6.45, 7) is 5.64. The molecule has 2 aromatic rings. The molecule has 4 nitrogen and oxygen atoms in total. The minimum Gasteiger partial charge on any atom is -0.452 e. The number of aryl methyl sites for hydroxylation is 2. The number of halogens is 1. The number of carbonyl (C=O) groups is 2. The molecular formula is C19H20ClNO3. The first-order chi connectivity index (χ1) is 11.4. The van der Waals surface area contributed by atoms with Gasteiger partial charge in [-0.1, -0.05) is 29.8 Å². The topological polar surface area (TPSA) is 55.4 Å². The van der Waals surface area contributed by atoms with Gasteiger partial charge in [0.25, 0.3) is 5.91 Å². The molecular weight excluding hydrogens is 326 g/mol. The Morgan fingerprint density at radius 3 is 2.38 bits per heavy atom. The van der Waals surface area contributed by atoms with Crippen LogP contribution in [0.4, 0.5) is 0 Å². The van der Waals surface area contributed by atoms with Crippen LogP contribution >= 0.6 is 11.6 Å². The smallest absolute Gasteiger partial charge is 0.338 e. The molecule has 0 heterocycles. The SMILES string of the molecule is Cc1ccc(C(C)NC(=O)COC(=O)c2ccc(Cl)cc2)cc1C. The third-order valence-electron chi connectivity index (χ3n) is 3.82. The summed E-state index contributed by atoms with van der Waals surface area (Å²) in [5.74, 6) is -0.899. The van der Waals surface area contributed by atoms with Crippen molar-refractivity contribution in [2.75, 3.05) is 6.61 Å². The first-order valence-corrected chi connectivity index (χ1v) is 8.04. The molecule has 0 saturated carbocycles. The largest absolute Gasteiger partial charge is 0.452 e. The van der Waals surface area contributed by atoms with Gasteiger partial charge in [-0.2, -0.15) is 0 Å². The minimum absolute atomic E-state index is 0.161. The van der Waals surface area contributed by atoms with Crippen LogP contribution < -0.4 is 5.32 Å². The minimum atomic E-state index is -0.555. The van der Waals surface area contributed by atoms with Crippen LogP contribution in [0.3, 0.4) is 0 Å². The van der Waals surface area contributed by atoms with E-state index in [0.29, 0.717) is 10.6 Å². The summed E-state index contributed by atoms with van der Waals surface area (Å²) in [6.07, 6.45) is 0. The van der Waals surface area contributed by atoms with Gasteiger partial charge < -0.3 is 10.1 Å². The summed E-state index contributed by atoms with van der Waals surface area (Å²) in [7, 11) is 0. The van der Waals surface area contributed by atoms with Crippen LogP contribution in [0.25, 0.3) is 0 Å². The van der Waals surface area contributed by atoms with Gasteiger partial charge in [-0.15, -0.1) is 0 Å². The number of hydrogen-bond acceptors (Lipinski definition) is 3. The normalized spacial score (nSPS) is 11.7. The van der Waals surface area contributed by atoms with Gasteiger partial charge in [-0.25, -0.2) is 4.79 Å². The van der Waals surface area contributed by atoms with Gasteiger partial charge in [0.15, 0.2) is 6.61 Å². The Bertz CT molecular complexity index is 741. The molecule has 0 aromatic heterocycles. The lowest BCUT2D eigenvalue weighted by atomic mass is 10.0. The maximum absolute atomic E-state index is 12.0. The van der Waals surface area contributed by atoms with Gasteiger partial charge in [0, 0.05) is 5.02 Å². The van der Waals surface area contributed by atoms with Gasteiger partial charge in [-0.05, 0) is 61.7 Å². The van der Waals surface area contributed by atoms with Crippen molar-refractivity contribution in [1.29, 1.82) is 0 Å². The number of esters is 1. The highest BCUT2D eigenvalue weighted by molar-refractivity contribution is 6.30. The maximum atomic E-state index is 12.0. The molecule has 2 aromatic carbocycles. The van der Waals surface area contributed by atoms with Crippen LogP contribution in [0, 0.1) is 13.8 Å². The van der Waals surface area contributed by atoms with E-state index < -0.39 is 5.97 Å². The van der Waals surface area contributed by atoms with Crippen LogP contribution in [0.5, 0.6) is 0 Å².